The molecule has 0 fully saturated rings. The molecule has 36 heavy (non-hydrogen) atoms. The average Bonchev–Trinajstić information content (AvgIpc) is 3.29. The number of nitrogens with zero attached hydrogens (tertiary/aromatic N) is 3. The molecule has 0 amide bonds. The average molecular weight is 485 g/mol. The van der Waals surface area contributed by atoms with Gasteiger partial charge >= 0.3 is 0 Å². The number of aromatic amines is 1. The maximum atomic E-state index is 5.64. The molecule has 4 rings (SSSR count). The Morgan fingerprint density at radius 2 is 1.86 bits per heavy atom. The number of hydrogen-bond donors (Lipinski definition) is 5. The predicted octanol–water partition coefficient (Wildman–Crippen LogP) is 2.07. The van der Waals surface area contributed by atoms with E-state index < -0.39 is 0 Å². The van der Waals surface area contributed by atoms with Gasteiger partial charge in [-0.3, -0.25) is 4.99 Å². The highest BCUT2D eigenvalue weighted by Gasteiger charge is 2.13. The van der Waals surface area contributed by atoms with Gasteiger partial charge in [-0.25, -0.2) is 4.99 Å². The largest absolute Gasteiger partial charge is 0.370 e. The van der Waals surface area contributed by atoms with E-state index >= 15 is 0 Å². The third-order valence-corrected chi connectivity index (χ3v) is 6.12. The molecule has 8 N–H and O–H groups in total. The zero-order chi connectivity index (χ0) is 25.3. The highest BCUT2D eigenvalue weighted by atomic mass is 15.2. The van der Waals surface area contributed by atoms with E-state index in [1.807, 2.05) is 4.90 Å². The van der Waals surface area contributed by atoms with Crippen molar-refractivity contribution in [3.05, 3.63) is 88.8 Å². The Morgan fingerprint density at radius 1 is 1.03 bits per heavy atom. The molecule has 3 aromatic rings. The van der Waals surface area contributed by atoms with Crippen molar-refractivity contribution in [1.82, 2.24) is 10.3 Å². The van der Waals surface area contributed by atoms with Crippen molar-refractivity contribution in [3.63, 3.8) is 0 Å². The monoisotopic (exact) mass is 484 g/mol. The van der Waals surface area contributed by atoms with Crippen molar-refractivity contribution in [2.75, 3.05) is 24.5 Å². The molecule has 1 aliphatic rings. The Balaban J connectivity index is 1.42. The molecule has 0 saturated heterocycles. The Bertz CT molecular complexity index is 1320. The van der Waals surface area contributed by atoms with Crippen LogP contribution in [-0.4, -0.2) is 30.6 Å². The van der Waals surface area contributed by atoms with Gasteiger partial charge in [-0.05, 0) is 79.7 Å². The second-order valence-corrected chi connectivity index (χ2v) is 8.96. The summed E-state index contributed by atoms with van der Waals surface area (Å²) in [7, 11) is 0. The maximum absolute atomic E-state index is 5.64. The highest BCUT2D eigenvalue weighted by molar-refractivity contribution is 5.75. The number of rotatable bonds is 12. The number of H-pyrrole nitrogens is 1. The second-order valence-electron chi connectivity index (χ2n) is 8.96. The summed E-state index contributed by atoms with van der Waals surface area (Å²) in [5.41, 5.74) is 22.9. The summed E-state index contributed by atoms with van der Waals surface area (Å²) in [5.74, 6) is 0.816. The number of unbranched alkanes of at least 4 members (excludes halogenated alkanes) is 1. The fourth-order valence-corrected chi connectivity index (χ4v) is 4.21. The number of anilines is 1. The van der Waals surface area contributed by atoms with Crippen LogP contribution >= 0.6 is 0 Å². The van der Waals surface area contributed by atoms with Crippen LogP contribution in [0.4, 0.5) is 5.69 Å². The van der Waals surface area contributed by atoms with Crippen LogP contribution in [-0.2, 0) is 13.0 Å². The van der Waals surface area contributed by atoms with E-state index in [2.05, 4.69) is 82.7 Å². The number of nitrogens with one attached hydrogen (secondary N) is 2. The summed E-state index contributed by atoms with van der Waals surface area (Å²) in [6.45, 7) is 7.19. The van der Waals surface area contributed by atoms with Crippen molar-refractivity contribution in [2.45, 2.75) is 32.2 Å². The van der Waals surface area contributed by atoms with E-state index in [0.717, 1.165) is 73.0 Å². The molecule has 0 unspecified atom stereocenters. The fraction of sp³-hybridized carbons (Fsp3) is 0.286. The van der Waals surface area contributed by atoms with Gasteiger partial charge in [0.15, 0.2) is 5.96 Å². The van der Waals surface area contributed by atoms with E-state index in [0.29, 0.717) is 12.4 Å². The first kappa shape index (κ1) is 25.2. The van der Waals surface area contributed by atoms with E-state index in [1.165, 1.54) is 11.1 Å². The molecule has 0 radical (unpaired) electrons. The molecule has 0 bridgehead atoms. The number of nitrogens with two attached hydrogens (primary N) is 3. The minimum atomic E-state index is 0.139. The van der Waals surface area contributed by atoms with E-state index in [1.54, 1.807) is 0 Å². The molecule has 0 saturated carbocycles. The SMILES string of the molecule is C=C1N=c2[nH]c(-c3cccc(CCCCN)c3)cc2=CN1c1ccc(CNCCCN=C(N)N)cc1. The van der Waals surface area contributed by atoms with Gasteiger partial charge in [0.05, 0.1) is 0 Å². The van der Waals surface area contributed by atoms with Crippen molar-refractivity contribution < 1.29 is 0 Å². The van der Waals surface area contributed by atoms with E-state index in [4.69, 9.17) is 22.2 Å². The van der Waals surface area contributed by atoms with Crippen molar-refractivity contribution >= 4 is 17.8 Å². The van der Waals surface area contributed by atoms with Gasteiger partial charge in [-0.2, -0.15) is 0 Å². The third-order valence-electron chi connectivity index (χ3n) is 6.12. The third kappa shape index (κ3) is 6.62. The van der Waals surface area contributed by atoms with Crippen molar-refractivity contribution in [3.8, 4) is 11.3 Å². The number of fused-ring (bicyclic) bond motifs is 1. The van der Waals surface area contributed by atoms with Crippen LogP contribution in [0.2, 0.25) is 0 Å². The van der Waals surface area contributed by atoms with Gasteiger partial charge in [0.25, 0.3) is 0 Å². The van der Waals surface area contributed by atoms with Crippen LogP contribution in [0.1, 0.15) is 30.4 Å². The number of aryl methyl sites for hydroxylation is 1. The predicted molar refractivity (Wildman–Crippen MR) is 149 cm³/mol. The summed E-state index contributed by atoms with van der Waals surface area (Å²) in [6.07, 6.45) is 6.17. The topological polar surface area (TPSA) is 134 Å². The normalized spacial score (nSPS) is 12.6. The van der Waals surface area contributed by atoms with Crippen LogP contribution in [0.3, 0.4) is 0 Å². The minimum Gasteiger partial charge on any atom is -0.370 e. The lowest BCUT2D eigenvalue weighted by Crippen LogP contribution is -2.33. The lowest BCUT2D eigenvalue weighted by Gasteiger charge is -2.21. The zero-order valence-corrected chi connectivity index (χ0v) is 20.7. The lowest BCUT2D eigenvalue weighted by molar-refractivity contribution is 0.655. The van der Waals surface area contributed by atoms with Crippen LogP contribution in [0.25, 0.3) is 17.5 Å². The smallest absolute Gasteiger partial charge is 0.185 e. The summed E-state index contributed by atoms with van der Waals surface area (Å²) in [4.78, 5) is 14.2. The Labute approximate surface area is 212 Å². The molecule has 1 aliphatic heterocycles. The molecule has 2 heterocycles. The second kappa shape index (κ2) is 12.2. The zero-order valence-electron chi connectivity index (χ0n) is 20.7. The number of benzene rings is 2. The van der Waals surface area contributed by atoms with E-state index in [9.17, 15) is 0 Å². The van der Waals surface area contributed by atoms with Gasteiger partial charge in [-0.1, -0.05) is 36.9 Å². The molecule has 0 spiro atoms. The minimum absolute atomic E-state index is 0.139. The Morgan fingerprint density at radius 3 is 2.64 bits per heavy atom. The Hall–Kier alpha value is -3.88. The van der Waals surface area contributed by atoms with Crippen molar-refractivity contribution in [1.29, 1.82) is 0 Å². The standard InChI is InChI=1S/C28H36N8/c1-20-34-27-24(17-26(35-27)23-8-4-7-21(16-23)6-2-3-13-29)19-36(20)25-11-9-22(10-12-25)18-32-14-5-15-33-28(30)31/h4,7-12,16-17,19,32H,1-3,5-6,13-15,18,29H2,(H,34,35)(H4,30,31,33). The molecular formula is C28H36N8. The molecule has 188 valence electrons. The number of hydrogen-bond acceptors (Lipinski definition) is 5. The molecule has 8 nitrogen and oxygen atoms in total. The molecule has 0 aliphatic carbocycles. The molecule has 8 heteroatoms. The Kier molecular flexibility index (Phi) is 8.54. The van der Waals surface area contributed by atoms with E-state index in [-0.39, 0.29) is 5.96 Å². The first-order chi connectivity index (χ1) is 17.5. The number of aromatic nitrogens is 1. The number of guanidine groups is 1. The quantitative estimate of drug-likeness (QED) is 0.152. The van der Waals surface area contributed by atoms with Crippen molar-refractivity contribution in [2.24, 2.45) is 27.2 Å². The summed E-state index contributed by atoms with van der Waals surface area (Å²) in [5, 5.41) is 4.45. The van der Waals surface area contributed by atoms with Crippen LogP contribution in [0.5, 0.6) is 0 Å². The summed E-state index contributed by atoms with van der Waals surface area (Å²) >= 11 is 0. The molecule has 1 aromatic heterocycles. The maximum Gasteiger partial charge on any atom is 0.185 e. The van der Waals surface area contributed by atoms with Gasteiger partial charge in [-0.15, -0.1) is 0 Å². The lowest BCUT2D eigenvalue weighted by atomic mass is 10.0. The van der Waals surface area contributed by atoms with Gasteiger partial charge < -0.3 is 32.4 Å². The summed E-state index contributed by atoms with van der Waals surface area (Å²) < 4.78 is 0. The first-order valence-electron chi connectivity index (χ1n) is 12.5. The molecule has 2 aromatic carbocycles. The number of aliphatic imine (C=N–C) groups is 1. The first-order valence-corrected chi connectivity index (χ1v) is 12.5. The molecule has 0 atom stereocenters. The summed E-state index contributed by atoms with van der Waals surface area (Å²) in [6, 6.07) is 19.2. The van der Waals surface area contributed by atoms with Crippen LogP contribution in [0, 0.1) is 0 Å². The van der Waals surface area contributed by atoms with Gasteiger partial charge in [0.2, 0.25) is 0 Å². The fourth-order valence-electron chi connectivity index (χ4n) is 4.21. The van der Waals surface area contributed by atoms with Gasteiger partial charge in [0, 0.05) is 35.9 Å². The highest BCUT2D eigenvalue weighted by Crippen LogP contribution is 2.22. The molecular weight excluding hydrogens is 448 g/mol. The van der Waals surface area contributed by atoms with Crippen LogP contribution < -0.4 is 38.1 Å². The van der Waals surface area contributed by atoms with Crippen LogP contribution in [0.15, 0.2) is 77.0 Å². The van der Waals surface area contributed by atoms with Gasteiger partial charge in [0.1, 0.15) is 11.3 Å².